The molecule has 0 spiro atoms. The van der Waals surface area contributed by atoms with E-state index in [4.69, 9.17) is 4.98 Å². The zero-order valence-electron chi connectivity index (χ0n) is 21.8. The summed E-state index contributed by atoms with van der Waals surface area (Å²) in [6.45, 7) is 1.80. The van der Waals surface area contributed by atoms with Crippen molar-refractivity contribution in [2.45, 2.75) is 25.7 Å². The highest BCUT2D eigenvalue weighted by Gasteiger charge is 2.31. The van der Waals surface area contributed by atoms with E-state index in [0.29, 0.717) is 16.6 Å². The molecule has 0 aliphatic rings. The molecule has 0 aliphatic carbocycles. The van der Waals surface area contributed by atoms with E-state index in [0.717, 1.165) is 17.7 Å². The Morgan fingerprint density at radius 2 is 1.54 bits per heavy atom. The van der Waals surface area contributed by atoms with Crippen LogP contribution in [0.15, 0.2) is 108 Å². The Labute approximate surface area is 232 Å². The maximum atomic E-state index is 13.8. The number of alkyl halides is 3. The highest BCUT2D eigenvalue weighted by Crippen LogP contribution is 2.30. The molecule has 6 nitrogen and oxygen atoms in total. The summed E-state index contributed by atoms with van der Waals surface area (Å²) in [6, 6.07) is 23.9. The van der Waals surface area contributed by atoms with E-state index in [1.54, 1.807) is 31.2 Å². The standard InChI is InChI=1S/C31H24F4N4O2/c1-20(28-37-27-10-6-5-9-26(27)29(40)39(28)25-17-13-23(32)14-18-25)38(19-21-7-3-2-4-8-21)30(41)36-24-15-11-22(12-16-24)31(33,34)35/h2-18,20H,19H2,1H3,(H,36,41). The Morgan fingerprint density at radius 3 is 2.20 bits per heavy atom. The number of benzene rings is 4. The SMILES string of the molecule is CC(c1nc2ccccc2c(=O)n1-c1ccc(F)cc1)N(Cc1ccccc1)C(=O)Nc1ccc(C(F)(F)F)cc1. The molecule has 5 rings (SSSR count). The molecular weight excluding hydrogens is 536 g/mol. The van der Waals surface area contributed by atoms with E-state index >= 15 is 0 Å². The zero-order valence-corrected chi connectivity index (χ0v) is 21.8. The maximum Gasteiger partial charge on any atom is 0.416 e. The van der Waals surface area contributed by atoms with Crippen molar-refractivity contribution in [2.75, 3.05) is 5.32 Å². The smallest absolute Gasteiger partial charge is 0.310 e. The summed E-state index contributed by atoms with van der Waals surface area (Å²) in [6.07, 6.45) is -4.51. The predicted molar refractivity (Wildman–Crippen MR) is 148 cm³/mol. The molecule has 0 saturated heterocycles. The molecule has 4 aromatic carbocycles. The average molecular weight is 561 g/mol. The Bertz CT molecular complexity index is 1740. The summed E-state index contributed by atoms with van der Waals surface area (Å²) < 4.78 is 54.2. The highest BCUT2D eigenvalue weighted by molar-refractivity contribution is 5.89. The lowest BCUT2D eigenvalue weighted by Crippen LogP contribution is -2.39. The first-order valence-electron chi connectivity index (χ1n) is 12.7. The van der Waals surface area contributed by atoms with Crippen LogP contribution in [-0.2, 0) is 12.7 Å². The lowest BCUT2D eigenvalue weighted by Gasteiger charge is -2.31. The molecule has 1 N–H and O–H groups in total. The van der Waals surface area contributed by atoms with Crippen LogP contribution in [0.25, 0.3) is 16.6 Å². The number of halogens is 4. The molecule has 0 aliphatic heterocycles. The first kappa shape index (κ1) is 27.6. The van der Waals surface area contributed by atoms with Gasteiger partial charge in [-0.1, -0.05) is 42.5 Å². The molecule has 2 amide bonds. The van der Waals surface area contributed by atoms with Crippen molar-refractivity contribution >= 4 is 22.6 Å². The van der Waals surface area contributed by atoms with Crippen LogP contribution < -0.4 is 10.9 Å². The van der Waals surface area contributed by atoms with E-state index in [-0.39, 0.29) is 18.1 Å². The number of carbonyl (C=O) groups excluding carboxylic acids is 1. The van der Waals surface area contributed by atoms with Gasteiger partial charge in [-0.05, 0) is 73.2 Å². The largest absolute Gasteiger partial charge is 0.416 e. The third-order valence-corrected chi connectivity index (χ3v) is 6.65. The zero-order chi connectivity index (χ0) is 29.1. The van der Waals surface area contributed by atoms with Crippen LogP contribution in [0, 0.1) is 5.82 Å². The molecule has 1 heterocycles. The summed E-state index contributed by atoms with van der Waals surface area (Å²) in [5, 5.41) is 3.01. The van der Waals surface area contributed by atoms with Gasteiger partial charge in [0.05, 0.1) is 28.2 Å². The Hall–Kier alpha value is -4.99. The molecule has 1 atom stereocenters. The summed E-state index contributed by atoms with van der Waals surface area (Å²) >= 11 is 0. The molecule has 5 aromatic rings. The number of fused-ring (bicyclic) bond motifs is 1. The lowest BCUT2D eigenvalue weighted by atomic mass is 10.1. The van der Waals surface area contributed by atoms with Crippen LogP contribution in [0.2, 0.25) is 0 Å². The fourth-order valence-electron chi connectivity index (χ4n) is 4.51. The summed E-state index contributed by atoms with van der Waals surface area (Å²) in [5.74, 6) is -0.259. The van der Waals surface area contributed by atoms with Gasteiger partial charge in [0.25, 0.3) is 5.56 Å². The number of para-hydroxylation sites is 1. The average Bonchev–Trinajstić information content (AvgIpc) is 2.96. The van der Waals surface area contributed by atoms with Crippen LogP contribution >= 0.6 is 0 Å². The van der Waals surface area contributed by atoms with Crippen molar-refractivity contribution in [3.63, 3.8) is 0 Å². The van der Waals surface area contributed by atoms with E-state index in [9.17, 15) is 27.2 Å². The van der Waals surface area contributed by atoms with Gasteiger partial charge in [0, 0.05) is 12.2 Å². The molecule has 10 heteroatoms. The normalized spacial score (nSPS) is 12.2. The van der Waals surface area contributed by atoms with Gasteiger partial charge in [-0.25, -0.2) is 14.2 Å². The topological polar surface area (TPSA) is 67.2 Å². The number of hydrogen-bond donors (Lipinski definition) is 1. The maximum absolute atomic E-state index is 13.8. The van der Waals surface area contributed by atoms with Crippen molar-refractivity contribution in [3.8, 4) is 5.69 Å². The number of nitrogens with one attached hydrogen (secondary N) is 1. The number of urea groups is 1. The van der Waals surface area contributed by atoms with E-state index in [1.165, 1.54) is 45.9 Å². The molecule has 1 aromatic heterocycles. The number of aromatic nitrogens is 2. The first-order valence-corrected chi connectivity index (χ1v) is 12.7. The van der Waals surface area contributed by atoms with E-state index in [2.05, 4.69) is 5.32 Å². The number of nitrogens with zero attached hydrogens (tertiary/aromatic N) is 3. The van der Waals surface area contributed by atoms with Crippen molar-refractivity contribution < 1.29 is 22.4 Å². The molecule has 0 fully saturated rings. The van der Waals surface area contributed by atoms with Crippen molar-refractivity contribution in [3.05, 3.63) is 136 Å². The number of hydrogen-bond acceptors (Lipinski definition) is 3. The monoisotopic (exact) mass is 560 g/mol. The van der Waals surface area contributed by atoms with Crippen molar-refractivity contribution in [1.82, 2.24) is 14.5 Å². The molecule has 0 bridgehead atoms. The molecule has 208 valence electrons. The van der Waals surface area contributed by atoms with Gasteiger partial charge in [-0.3, -0.25) is 9.36 Å². The molecule has 0 saturated carbocycles. The van der Waals surface area contributed by atoms with Crippen molar-refractivity contribution in [2.24, 2.45) is 0 Å². The van der Waals surface area contributed by atoms with Crippen LogP contribution in [0.4, 0.5) is 28.0 Å². The lowest BCUT2D eigenvalue weighted by molar-refractivity contribution is -0.137. The van der Waals surface area contributed by atoms with Gasteiger partial charge in [0.15, 0.2) is 0 Å². The second-order valence-corrected chi connectivity index (χ2v) is 9.40. The van der Waals surface area contributed by atoms with Gasteiger partial charge < -0.3 is 10.2 Å². The highest BCUT2D eigenvalue weighted by atomic mass is 19.4. The van der Waals surface area contributed by atoms with Crippen LogP contribution in [0.5, 0.6) is 0 Å². The Kier molecular flexibility index (Phi) is 7.56. The third kappa shape index (κ3) is 5.96. The predicted octanol–water partition coefficient (Wildman–Crippen LogP) is 7.34. The second kappa shape index (κ2) is 11.2. The minimum atomic E-state index is -4.51. The summed E-state index contributed by atoms with van der Waals surface area (Å²) in [4.78, 5) is 33.6. The summed E-state index contributed by atoms with van der Waals surface area (Å²) in [5.41, 5.74) is 0.481. The molecule has 0 radical (unpaired) electrons. The Balaban J connectivity index is 1.59. The molecule has 41 heavy (non-hydrogen) atoms. The second-order valence-electron chi connectivity index (χ2n) is 9.40. The van der Waals surface area contributed by atoms with Gasteiger partial charge in [0.1, 0.15) is 11.6 Å². The quantitative estimate of drug-likeness (QED) is 0.221. The van der Waals surface area contributed by atoms with Gasteiger partial charge in [0.2, 0.25) is 0 Å². The number of rotatable bonds is 6. The molecule has 1 unspecified atom stereocenters. The summed E-state index contributed by atoms with van der Waals surface area (Å²) in [7, 11) is 0. The van der Waals surface area contributed by atoms with Gasteiger partial charge in [-0.2, -0.15) is 13.2 Å². The minimum Gasteiger partial charge on any atom is -0.310 e. The number of anilines is 1. The fraction of sp³-hybridized carbons (Fsp3) is 0.129. The minimum absolute atomic E-state index is 0.0978. The van der Waals surface area contributed by atoms with E-state index in [1.807, 2.05) is 30.3 Å². The fourth-order valence-corrected chi connectivity index (χ4v) is 4.51. The number of carbonyl (C=O) groups is 1. The van der Waals surface area contributed by atoms with Gasteiger partial charge in [-0.15, -0.1) is 0 Å². The van der Waals surface area contributed by atoms with Crippen LogP contribution in [0.1, 0.15) is 29.9 Å². The van der Waals surface area contributed by atoms with E-state index < -0.39 is 35.2 Å². The molecular formula is C31H24F4N4O2. The third-order valence-electron chi connectivity index (χ3n) is 6.65. The first-order chi connectivity index (χ1) is 19.6. The van der Waals surface area contributed by atoms with Gasteiger partial charge >= 0.3 is 12.2 Å². The van der Waals surface area contributed by atoms with Crippen molar-refractivity contribution in [1.29, 1.82) is 0 Å². The number of amides is 2. The van der Waals surface area contributed by atoms with Crippen LogP contribution in [-0.4, -0.2) is 20.5 Å². The van der Waals surface area contributed by atoms with Crippen LogP contribution in [0.3, 0.4) is 0 Å². The Morgan fingerprint density at radius 1 is 0.902 bits per heavy atom.